The zero-order valence-corrected chi connectivity index (χ0v) is 11.0. The van der Waals surface area contributed by atoms with Gasteiger partial charge in [-0.3, -0.25) is 16.3 Å². The number of thioether (sulfide) groups is 1. The van der Waals surface area contributed by atoms with Gasteiger partial charge in [-0.1, -0.05) is 18.2 Å². The Hall–Kier alpha value is -1.10. The van der Waals surface area contributed by atoms with Crippen LogP contribution < -0.4 is 11.3 Å². The predicted octanol–water partition coefficient (Wildman–Crippen LogP) is 2.49. The van der Waals surface area contributed by atoms with Crippen LogP contribution in [0.25, 0.3) is 10.9 Å². The summed E-state index contributed by atoms with van der Waals surface area (Å²) in [6.07, 6.45) is 3.18. The smallest absolute Gasteiger partial charge is 0.0702 e. The molecule has 1 aliphatic heterocycles. The van der Waals surface area contributed by atoms with E-state index in [2.05, 4.69) is 22.5 Å². The highest BCUT2D eigenvalue weighted by Gasteiger charge is 2.26. The molecule has 18 heavy (non-hydrogen) atoms. The fourth-order valence-electron chi connectivity index (χ4n) is 2.58. The number of hydrazine groups is 1. The van der Waals surface area contributed by atoms with E-state index >= 15 is 0 Å². The van der Waals surface area contributed by atoms with Crippen molar-refractivity contribution in [3.8, 4) is 0 Å². The van der Waals surface area contributed by atoms with E-state index in [1.807, 2.05) is 36.2 Å². The highest BCUT2D eigenvalue weighted by atomic mass is 32.2. The van der Waals surface area contributed by atoms with Crippen LogP contribution >= 0.6 is 11.8 Å². The van der Waals surface area contributed by atoms with Crippen molar-refractivity contribution in [1.82, 2.24) is 10.4 Å². The average Bonchev–Trinajstić information content (AvgIpc) is 2.93. The summed E-state index contributed by atoms with van der Waals surface area (Å²) in [6.45, 7) is 0. The first kappa shape index (κ1) is 12.0. The highest BCUT2D eigenvalue weighted by molar-refractivity contribution is 7.99. The van der Waals surface area contributed by atoms with Gasteiger partial charge < -0.3 is 0 Å². The molecule has 0 radical (unpaired) electrons. The lowest BCUT2D eigenvalue weighted by Crippen LogP contribution is -2.33. The minimum Gasteiger partial charge on any atom is -0.271 e. The van der Waals surface area contributed by atoms with E-state index in [1.54, 1.807) is 0 Å². The van der Waals surface area contributed by atoms with Crippen molar-refractivity contribution in [2.45, 2.75) is 12.5 Å². The largest absolute Gasteiger partial charge is 0.271 e. The lowest BCUT2D eigenvalue weighted by molar-refractivity contribution is 0.400. The van der Waals surface area contributed by atoms with E-state index in [9.17, 15) is 0 Å². The Morgan fingerprint density at radius 2 is 2.28 bits per heavy atom. The minimum absolute atomic E-state index is 0.220. The van der Waals surface area contributed by atoms with Gasteiger partial charge in [-0.15, -0.1) is 0 Å². The number of nitrogens with one attached hydrogen (secondary N) is 1. The normalized spacial score (nSPS) is 21.3. The van der Waals surface area contributed by atoms with Crippen LogP contribution in [0.15, 0.2) is 36.5 Å². The number of benzene rings is 1. The monoisotopic (exact) mass is 259 g/mol. The topological polar surface area (TPSA) is 50.9 Å². The zero-order valence-electron chi connectivity index (χ0n) is 10.2. The van der Waals surface area contributed by atoms with E-state index in [1.165, 1.54) is 28.9 Å². The van der Waals surface area contributed by atoms with Gasteiger partial charge in [-0.25, -0.2) is 0 Å². The molecule has 1 saturated heterocycles. The molecule has 94 valence electrons. The third kappa shape index (κ3) is 2.23. The number of fused-ring (bicyclic) bond motifs is 1. The van der Waals surface area contributed by atoms with E-state index in [0.29, 0.717) is 5.92 Å². The molecule has 0 bridgehead atoms. The maximum absolute atomic E-state index is 5.74. The van der Waals surface area contributed by atoms with Crippen molar-refractivity contribution in [3.05, 3.63) is 42.1 Å². The van der Waals surface area contributed by atoms with Crippen LogP contribution in [0.3, 0.4) is 0 Å². The van der Waals surface area contributed by atoms with Crippen LogP contribution in [0, 0.1) is 5.92 Å². The summed E-state index contributed by atoms with van der Waals surface area (Å²) >= 11 is 2.01. The summed E-state index contributed by atoms with van der Waals surface area (Å²) in [4.78, 5) is 4.52. The molecule has 1 aromatic heterocycles. The Bertz CT molecular complexity index is 537. The van der Waals surface area contributed by atoms with Gasteiger partial charge >= 0.3 is 0 Å². The molecule has 2 heterocycles. The molecule has 1 fully saturated rings. The number of aromatic nitrogens is 1. The van der Waals surface area contributed by atoms with E-state index in [0.717, 1.165) is 5.52 Å². The van der Waals surface area contributed by atoms with Crippen LogP contribution in [0.1, 0.15) is 18.0 Å². The summed E-state index contributed by atoms with van der Waals surface area (Å²) in [6, 6.07) is 10.6. The number of pyridine rings is 1. The molecule has 2 aromatic rings. The molecule has 1 aromatic carbocycles. The number of para-hydroxylation sites is 1. The Morgan fingerprint density at radius 3 is 3.06 bits per heavy atom. The van der Waals surface area contributed by atoms with Gasteiger partial charge in [0.1, 0.15) is 0 Å². The molecular formula is C14H17N3S. The van der Waals surface area contributed by atoms with E-state index < -0.39 is 0 Å². The SMILES string of the molecule is NNC(c1cnc2ccccc2c1)C1CCSC1. The number of hydrogen-bond acceptors (Lipinski definition) is 4. The molecule has 2 unspecified atom stereocenters. The van der Waals surface area contributed by atoms with Crippen molar-refractivity contribution < 1.29 is 0 Å². The maximum atomic E-state index is 5.74. The van der Waals surface area contributed by atoms with Crippen molar-refractivity contribution in [1.29, 1.82) is 0 Å². The van der Waals surface area contributed by atoms with Crippen molar-refractivity contribution >= 4 is 22.7 Å². The van der Waals surface area contributed by atoms with E-state index in [4.69, 9.17) is 5.84 Å². The summed E-state index contributed by atoms with van der Waals surface area (Å²) in [7, 11) is 0. The molecule has 2 atom stereocenters. The molecule has 0 amide bonds. The second-order valence-electron chi connectivity index (χ2n) is 4.73. The first-order chi connectivity index (χ1) is 8.88. The Labute approximate surface area is 111 Å². The molecule has 3 rings (SSSR count). The second kappa shape index (κ2) is 5.26. The third-order valence-corrected chi connectivity index (χ3v) is 4.77. The fourth-order valence-corrected chi connectivity index (χ4v) is 3.88. The summed E-state index contributed by atoms with van der Waals surface area (Å²) in [5.74, 6) is 8.78. The van der Waals surface area contributed by atoms with Gasteiger partial charge in [0.05, 0.1) is 11.6 Å². The maximum Gasteiger partial charge on any atom is 0.0702 e. The number of hydrogen-bond donors (Lipinski definition) is 2. The third-order valence-electron chi connectivity index (χ3n) is 3.59. The summed E-state index contributed by atoms with van der Waals surface area (Å²) in [5.41, 5.74) is 5.21. The molecule has 4 heteroatoms. The van der Waals surface area contributed by atoms with Gasteiger partial charge in [0.15, 0.2) is 0 Å². The van der Waals surface area contributed by atoms with Gasteiger partial charge in [0.25, 0.3) is 0 Å². The molecular weight excluding hydrogens is 242 g/mol. The molecule has 3 nitrogen and oxygen atoms in total. The van der Waals surface area contributed by atoms with Gasteiger partial charge in [0.2, 0.25) is 0 Å². The quantitative estimate of drug-likeness (QED) is 0.657. The van der Waals surface area contributed by atoms with Crippen LogP contribution in [-0.2, 0) is 0 Å². The number of rotatable bonds is 3. The van der Waals surface area contributed by atoms with Crippen LogP contribution in [0.5, 0.6) is 0 Å². The fraction of sp³-hybridized carbons (Fsp3) is 0.357. The summed E-state index contributed by atoms with van der Waals surface area (Å²) in [5, 5.41) is 1.18. The molecule has 0 aliphatic carbocycles. The number of nitrogens with zero attached hydrogens (tertiary/aromatic N) is 1. The molecule has 0 spiro atoms. The van der Waals surface area contributed by atoms with Crippen LogP contribution in [0.4, 0.5) is 0 Å². The summed E-state index contributed by atoms with van der Waals surface area (Å²) < 4.78 is 0. The molecule has 1 aliphatic rings. The van der Waals surface area contributed by atoms with Crippen molar-refractivity contribution in [3.63, 3.8) is 0 Å². The Balaban J connectivity index is 1.96. The predicted molar refractivity (Wildman–Crippen MR) is 77.2 cm³/mol. The first-order valence-electron chi connectivity index (χ1n) is 6.27. The van der Waals surface area contributed by atoms with Crippen LogP contribution in [-0.4, -0.2) is 16.5 Å². The average molecular weight is 259 g/mol. The highest BCUT2D eigenvalue weighted by Crippen LogP contribution is 2.34. The second-order valence-corrected chi connectivity index (χ2v) is 5.88. The zero-order chi connectivity index (χ0) is 12.4. The van der Waals surface area contributed by atoms with Crippen molar-refractivity contribution in [2.75, 3.05) is 11.5 Å². The minimum atomic E-state index is 0.220. The van der Waals surface area contributed by atoms with E-state index in [-0.39, 0.29) is 6.04 Å². The Kier molecular flexibility index (Phi) is 3.50. The van der Waals surface area contributed by atoms with Gasteiger partial charge in [-0.2, -0.15) is 11.8 Å². The molecule has 0 saturated carbocycles. The lowest BCUT2D eigenvalue weighted by atomic mass is 9.93. The Morgan fingerprint density at radius 1 is 1.39 bits per heavy atom. The number of nitrogens with two attached hydrogens (primary N) is 1. The standard InChI is InChI=1S/C14H17N3S/c15-17-14(11-5-6-18-9-11)12-7-10-3-1-2-4-13(10)16-8-12/h1-4,7-8,11,14,17H,5-6,9,15H2. The molecule has 3 N–H and O–H groups in total. The van der Waals surface area contributed by atoms with Gasteiger partial charge in [-0.05, 0) is 41.5 Å². The van der Waals surface area contributed by atoms with Gasteiger partial charge in [0, 0.05) is 11.6 Å². The first-order valence-corrected chi connectivity index (χ1v) is 7.42. The van der Waals surface area contributed by atoms with Crippen molar-refractivity contribution in [2.24, 2.45) is 11.8 Å². The lowest BCUT2D eigenvalue weighted by Gasteiger charge is -2.22. The van der Waals surface area contributed by atoms with Crippen LogP contribution in [0.2, 0.25) is 0 Å².